The summed E-state index contributed by atoms with van der Waals surface area (Å²) in [6.45, 7) is 0. The van der Waals surface area contributed by atoms with E-state index in [0.717, 1.165) is 15.8 Å². The van der Waals surface area contributed by atoms with E-state index in [1.54, 1.807) is 12.4 Å². The summed E-state index contributed by atoms with van der Waals surface area (Å²) in [6, 6.07) is 7.76. The second-order valence-electron chi connectivity index (χ2n) is 2.34. The summed E-state index contributed by atoms with van der Waals surface area (Å²) >= 11 is 5.92. The molecule has 62 valence electrons. The van der Waals surface area contributed by atoms with Crippen LogP contribution in [0.4, 0.5) is 0 Å². The standard InChI is InChI=1S/C9H6ClN.ClH/c10-9-3-1-2-7-4-5-11-6-8(7)9;/h1-6H;1H. The third-order valence-electron chi connectivity index (χ3n) is 1.63. The van der Waals surface area contributed by atoms with Crippen molar-refractivity contribution in [1.29, 1.82) is 0 Å². The Morgan fingerprint density at radius 3 is 2.75 bits per heavy atom. The van der Waals surface area contributed by atoms with Gasteiger partial charge in [0.15, 0.2) is 0 Å². The van der Waals surface area contributed by atoms with Crippen LogP contribution in [-0.4, -0.2) is 4.98 Å². The van der Waals surface area contributed by atoms with Gasteiger partial charge in [-0.05, 0) is 17.5 Å². The summed E-state index contributed by atoms with van der Waals surface area (Å²) in [6.07, 6.45) is 3.54. The Kier molecular flexibility index (Phi) is 2.90. The van der Waals surface area contributed by atoms with Crippen LogP contribution in [0.2, 0.25) is 5.02 Å². The predicted molar refractivity (Wildman–Crippen MR) is 54.0 cm³/mol. The Labute approximate surface area is 81.8 Å². The molecule has 0 fully saturated rings. The molecule has 2 aromatic rings. The van der Waals surface area contributed by atoms with Crippen LogP contribution in [0.3, 0.4) is 0 Å². The number of rotatable bonds is 0. The summed E-state index contributed by atoms with van der Waals surface area (Å²) in [4.78, 5) is 3.99. The van der Waals surface area contributed by atoms with Crippen molar-refractivity contribution >= 4 is 34.8 Å². The number of halogens is 2. The van der Waals surface area contributed by atoms with Gasteiger partial charge >= 0.3 is 0 Å². The molecule has 0 aliphatic heterocycles. The van der Waals surface area contributed by atoms with Gasteiger partial charge in [-0.3, -0.25) is 4.98 Å². The summed E-state index contributed by atoms with van der Waals surface area (Å²) < 4.78 is 0. The van der Waals surface area contributed by atoms with Gasteiger partial charge in [0.1, 0.15) is 0 Å². The van der Waals surface area contributed by atoms with Crippen molar-refractivity contribution in [3.63, 3.8) is 0 Å². The molecule has 1 heterocycles. The first-order valence-corrected chi connectivity index (χ1v) is 3.74. The van der Waals surface area contributed by atoms with Gasteiger partial charge in [-0.2, -0.15) is 0 Å². The van der Waals surface area contributed by atoms with Crippen LogP contribution in [0.15, 0.2) is 36.7 Å². The van der Waals surface area contributed by atoms with E-state index in [1.807, 2.05) is 24.3 Å². The van der Waals surface area contributed by atoms with Gasteiger partial charge in [0.05, 0.1) is 0 Å². The van der Waals surface area contributed by atoms with E-state index in [0.29, 0.717) is 0 Å². The summed E-state index contributed by atoms with van der Waals surface area (Å²) in [5.74, 6) is 0. The molecule has 1 aromatic heterocycles. The van der Waals surface area contributed by atoms with Crippen molar-refractivity contribution in [3.05, 3.63) is 41.7 Å². The van der Waals surface area contributed by atoms with Gasteiger partial charge in [0, 0.05) is 22.8 Å². The lowest BCUT2D eigenvalue weighted by Crippen LogP contribution is -1.74. The fourth-order valence-corrected chi connectivity index (χ4v) is 1.31. The van der Waals surface area contributed by atoms with Crippen molar-refractivity contribution < 1.29 is 0 Å². The number of benzene rings is 1. The Balaban J connectivity index is 0.000000720. The molecule has 12 heavy (non-hydrogen) atoms. The first-order valence-electron chi connectivity index (χ1n) is 3.36. The van der Waals surface area contributed by atoms with E-state index in [2.05, 4.69) is 4.98 Å². The van der Waals surface area contributed by atoms with Crippen LogP contribution < -0.4 is 0 Å². The third-order valence-corrected chi connectivity index (χ3v) is 1.96. The normalized spacial score (nSPS) is 9.42. The maximum absolute atomic E-state index is 5.92. The van der Waals surface area contributed by atoms with E-state index >= 15 is 0 Å². The van der Waals surface area contributed by atoms with Gasteiger partial charge in [0.25, 0.3) is 0 Å². The topological polar surface area (TPSA) is 12.9 Å². The Morgan fingerprint density at radius 2 is 2.00 bits per heavy atom. The van der Waals surface area contributed by atoms with Gasteiger partial charge in [-0.15, -0.1) is 12.4 Å². The Hall–Kier alpha value is -0.790. The molecule has 3 heteroatoms. The number of pyridine rings is 1. The number of fused-ring (bicyclic) bond motifs is 1. The smallest absolute Gasteiger partial charge is 0.0499 e. The second kappa shape index (κ2) is 3.74. The lowest BCUT2D eigenvalue weighted by molar-refractivity contribution is 1.36. The maximum atomic E-state index is 5.92. The molecule has 0 radical (unpaired) electrons. The van der Waals surface area contributed by atoms with E-state index < -0.39 is 0 Å². The monoisotopic (exact) mass is 199 g/mol. The van der Waals surface area contributed by atoms with Gasteiger partial charge < -0.3 is 0 Å². The SMILES string of the molecule is Cl.Clc1cccc2ccncc12. The van der Waals surface area contributed by atoms with Crippen molar-refractivity contribution in [1.82, 2.24) is 4.98 Å². The van der Waals surface area contributed by atoms with Crippen LogP contribution in [0.1, 0.15) is 0 Å². The van der Waals surface area contributed by atoms with E-state index in [4.69, 9.17) is 11.6 Å². The molecule has 2 rings (SSSR count). The second-order valence-corrected chi connectivity index (χ2v) is 2.74. The molecule has 0 unspecified atom stereocenters. The highest BCUT2D eigenvalue weighted by Crippen LogP contribution is 2.21. The Morgan fingerprint density at radius 1 is 1.17 bits per heavy atom. The van der Waals surface area contributed by atoms with E-state index in [9.17, 15) is 0 Å². The summed E-state index contributed by atoms with van der Waals surface area (Å²) in [5.41, 5.74) is 0. The fourth-order valence-electron chi connectivity index (χ4n) is 1.08. The first kappa shape index (κ1) is 9.30. The first-order chi connectivity index (χ1) is 5.38. The quantitative estimate of drug-likeness (QED) is 0.635. The molecule has 1 nitrogen and oxygen atoms in total. The highest BCUT2D eigenvalue weighted by atomic mass is 35.5. The maximum Gasteiger partial charge on any atom is 0.0499 e. The summed E-state index contributed by atoms with van der Waals surface area (Å²) in [5, 5.41) is 2.90. The zero-order valence-corrected chi connectivity index (χ0v) is 7.77. The Bertz CT molecular complexity index is 382. The number of nitrogens with zero attached hydrogens (tertiary/aromatic N) is 1. The van der Waals surface area contributed by atoms with Crippen molar-refractivity contribution in [2.24, 2.45) is 0 Å². The zero-order valence-electron chi connectivity index (χ0n) is 6.20. The molecule has 0 saturated heterocycles. The molecular formula is C9H7Cl2N. The molecule has 1 aromatic carbocycles. The third kappa shape index (κ3) is 1.52. The molecule has 0 saturated carbocycles. The average molecular weight is 200 g/mol. The highest BCUT2D eigenvalue weighted by molar-refractivity contribution is 6.35. The fraction of sp³-hybridized carbons (Fsp3) is 0. The van der Waals surface area contributed by atoms with Crippen molar-refractivity contribution in [2.45, 2.75) is 0 Å². The van der Waals surface area contributed by atoms with Crippen molar-refractivity contribution in [2.75, 3.05) is 0 Å². The van der Waals surface area contributed by atoms with E-state index in [1.165, 1.54) is 0 Å². The summed E-state index contributed by atoms with van der Waals surface area (Å²) in [7, 11) is 0. The molecule has 0 N–H and O–H groups in total. The van der Waals surface area contributed by atoms with Gasteiger partial charge in [-0.25, -0.2) is 0 Å². The number of aromatic nitrogens is 1. The van der Waals surface area contributed by atoms with Crippen molar-refractivity contribution in [3.8, 4) is 0 Å². The molecule has 0 bridgehead atoms. The molecule has 0 aliphatic rings. The van der Waals surface area contributed by atoms with Crippen LogP contribution in [-0.2, 0) is 0 Å². The lowest BCUT2D eigenvalue weighted by Gasteiger charge is -1.96. The average Bonchev–Trinajstić information content (AvgIpc) is 2.06. The van der Waals surface area contributed by atoms with Gasteiger partial charge in [0.2, 0.25) is 0 Å². The van der Waals surface area contributed by atoms with Gasteiger partial charge in [-0.1, -0.05) is 23.7 Å². The highest BCUT2D eigenvalue weighted by Gasteiger charge is 1.94. The molecule has 0 amide bonds. The largest absolute Gasteiger partial charge is 0.264 e. The number of hydrogen-bond donors (Lipinski definition) is 0. The molecular weight excluding hydrogens is 193 g/mol. The number of hydrogen-bond acceptors (Lipinski definition) is 1. The van der Waals surface area contributed by atoms with Crippen LogP contribution in [0.25, 0.3) is 10.8 Å². The lowest BCUT2D eigenvalue weighted by atomic mass is 10.2. The minimum atomic E-state index is 0. The molecule has 0 atom stereocenters. The minimum absolute atomic E-state index is 0. The molecule has 0 spiro atoms. The minimum Gasteiger partial charge on any atom is -0.264 e. The van der Waals surface area contributed by atoms with Crippen LogP contribution in [0.5, 0.6) is 0 Å². The van der Waals surface area contributed by atoms with Crippen LogP contribution >= 0.6 is 24.0 Å². The van der Waals surface area contributed by atoms with E-state index in [-0.39, 0.29) is 12.4 Å². The molecule has 0 aliphatic carbocycles. The zero-order chi connectivity index (χ0) is 7.68. The predicted octanol–water partition coefficient (Wildman–Crippen LogP) is 3.31. The van der Waals surface area contributed by atoms with Crippen LogP contribution in [0, 0.1) is 0 Å².